The molecule has 18 heavy (non-hydrogen) atoms. The van der Waals surface area contributed by atoms with Crippen LogP contribution in [0.1, 0.15) is 19.8 Å². The molecule has 0 saturated carbocycles. The van der Waals surface area contributed by atoms with Crippen LogP contribution in [0.4, 0.5) is 14.5 Å². The van der Waals surface area contributed by atoms with E-state index in [0.717, 1.165) is 31.5 Å². The summed E-state index contributed by atoms with van der Waals surface area (Å²) in [5, 5.41) is 3.93. The predicted octanol–water partition coefficient (Wildman–Crippen LogP) is 4.30. The highest BCUT2D eigenvalue weighted by molar-refractivity contribution is 8.15. The molecule has 6 heteroatoms. The summed E-state index contributed by atoms with van der Waals surface area (Å²) in [4.78, 5) is 4.29. The fourth-order valence-electron chi connectivity index (χ4n) is 1.73. The monoisotopic (exact) mass is 290 g/mol. The minimum Gasteiger partial charge on any atom is -0.331 e. The number of hydrogen-bond acceptors (Lipinski definition) is 3. The summed E-state index contributed by atoms with van der Waals surface area (Å²) < 4.78 is 26.5. The van der Waals surface area contributed by atoms with Crippen molar-refractivity contribution < 1.29 is 8.78 Å². The van der Waals surface area contributed by atoms with Crippen LogP contribution in [0.25, 0.3) is 0 Å². The first-order valence-corrected chi connectivity index (χ1v) is 6.98. The first-order chi connectivity index (χ1) is 8.60. The Morgan fingerprint density at radius 1 is 1.50 bits per heavy atom. The van der Waals surface area contributed by atoms with E-state index in [1.54, 1.807) is 11.8 Å². The first-order valence-electron chi connectivity index (χ1n) is 5.72. The zero-order valence-corrected chi connectivity index (χ0v) is 11.4. The number of hydrogen-bond donors (Lipinski definition) is 1. The Labute approximate surface area is 114 Å². The Balaban J connectivity index is 2.07. The van der Waals surface area contributed by atoms with Crippen LogP contribution in [0.2, 0.25) is 5.02 Å². The Bertz CT molecular complexity index is 456. The van der Waals surface area contributed by atoms with Crippen molar-refractivity contribution in [2.45, 2.75) is 25.0 Å². The molecular formula is C12H13ClF2N2S. The van der Waals surface area contributed by atoms with Crippen LogP contribution < -0.4 is 5.32 Å². The average Bonchev–Trinajstić information content (AvgIpc) is 2.72. The molecule has 1 aromatic carbocycles. The van der Waals surface area contributed by atoms with Crippen LogP contribution in [0.5, 0.6) is 0 Å². The molecular weight excluding hydrogens is 278 g/mol. The molecule has 1 unspecified atom stereocenters. The van der Waals surface area contributed by atoms with Gasteiger partial charge in [0.05, 0.1) is 17.3 Å². The number of halogens is 3. The first kappa shape index (κ1) is 13.6. The molecule has 1 aromatic rings. The maximum absolute atomic E-state index is 13.6. The summed E-state index contributed by atoms with van der Waals surface area (Å²) in [6, 6.07) is 1.88. The number of nitrogens with zero attached hydrogens (tertiary/aromatic N) is 1. The summed E-state index contributed by atoms with van der Waals surface area (Å²) in [5.74, 6) is -1.39. The van der Waals surface area contributed by atoms with Crippen LogP contribution in [-0.2, 0) is 0 Å². The lowest BCUT2D eigenvalue weighted by atomic mass is 10.2. The second kappa shape index (κ2) is 5.89. The Kier molecular flexibility index (Phi) is 4.45. The Hall–Kier alpha value is -0.810. The third-order valence-corrected chi connectivity index (χ3v) is 4.04. The lowest BCUT2D eigenvalue weighted by Crippen LogP contribution is -2.09. The van der Waals surface area contributed by atoms with Gasteiger partial charge in [-0.2, -0.15) is 0 Å². The van der Waals surface area contributed by atoms with Crippen LogP contribution >= 0.6 is 23.4 Å². The SMILES string of the molecule is CCCC1CN=C(Nc2c(F)cc(F)cc2Cl)S1. The number of anilines is 1. The quantitative estimate of drug-likeness (QED) is 0.897. The molecule has 0 aromatic heterocycles. The zero-order chi connectivity index (χ0) is 13.1. The van der Waals surface area contributed by atoms with E-state index in [0.29, 0.717) is 10.4 Å². The number of amidine groups is 1. The summed E-state index contributed by atoms with van der Waals surface area (Å²) >= 11 is 7.38. The maximum Gasteiger partial charge on any atom is 0.161 e. The molecule has 0 bridgehead atoms. The molecule has 0 radical (unpaired) electrons. The Morgan fingerprint density at radius 3 is 2.94 bits per heavy atom. The van der Waals surface area contributed by atoms with Gasteiger partial charge in [0.25, 0.3) is 0 Å². The van der Waals surface area contributed by atoms with Gasteiger partial charge in [-0.1, -0.05) is 36.7 Å². The van der Waals surface area contributed by atoms with Crippen molar-refractivity contribution in [3.05, 3.63) is 28.8 Å². The van der Waals surface area contributed by atoms with Gasteiger partial charge >= 0.3 is 0 Å². The minimum atomic E-state index is -0.706. The molecule has 1 atom stereocenters. The van der Waals surface area contributed by atoms with E-state index in [4.69, 9.17) is 11.6 Å². The summed E-state index contributed by atoms with van der Waals surface area (Å²) in [6.45, 7) is 2.84. The van der Waals surface area contributed by atoms with Gasteiger partial charge < -0.3 is 5.32 Å². The molecule has 1 heterocycles. The Morgan fingerprint density at radius 2 is 2.28 bits per heavy atom. The van der Waals surface area contributed by atoms with Crippen LogP contribution in [-0.4, -0.2) is 17.0 Å². The molecule has 0 amide bonds. The topological polar surface area (TPSA) is 24.4 Å². The third kappa shape index (κ3) is 3.14. The smallest absolute Gasteiger partial charge is 0.161 e. The lowest BCUT2D eigenvalue weighted by molar-refractivity contribution is 0.586. The molecule has 0 fully saturated rings. The van der Waals surface area contributed by atoms with Crippen molar-refractivity contribution in [3.8, 4) is 0 Å². The third-order valence-electron chi connectivity index (χ3n) is 2.57. The zero-order valence-electron chi connectivity index (χ0n) is 9.84. The van der Waals surface area contributed by atoms with E-state index in [9.17, 15) is 8.78 Å². The highest BCUT2D eigenvalue weighted by atomic mass is 35.5. The van der Waals surface area contributed by atoms with E-state index in [-0.39, 0.29) is 10.7 Å². The standard InChI is InChI=1S/C12H13ClF2N2S/c1-2-3-8-6-16-12(18-8)17-11-9(13)4-7(14)5-10(11)15/h4-5,8H,2-3,6H2,1H3,(H,16,17). The lowest BCUT2D eigenvalue weighted by Gasteiger charge is -2.10. The largest absolute Gasteiger partial charge is 0.331 e. The minimum absolute atomic E-state index is 0.0229. The van der Waals surface area contributed by atoms with Crippen molar-refractivity contribution in [3.63, 3.8) is 0 Å². The maximum atomic E-state index is 13.6. The van der Waals surface area contributed by atoms with Crippen molar-refractivity contribution >= 4 is 34.2 Å². The number of nitrogens with one attached hydrogen (secondary N) is 1. The normalized spacial score (nSPS) is 18.9. The van der Waals surface area contributed by atoms with E-state index < -0.39 is 11.6 Å². The molecule has 0 saturated heterocycles. The van der Waals surface area contributed by atoms with Gasteiger partial charge in [-0.25, -0.2) is 8.78 Å². The van der Waals surface area contributed by atoms with Gasteiger partial charge in [-0.05, 0) is 12.5 Å². The van der Waals surface area contributed by atoms with Gasteiger partial charge in [-0.3, -0.25) is 4.99 Å². The van der Waals surface area contributed by atoms with Crippen LogP contribution in [0.3, 0.4) is 0 Å². The van der Waals surface area contributed by atoms with Crippen molar-refractivity contribution in [2.24, 2.45) is 4.99 Å². The van der Waals surface area contributed by atoms with Gasteiger partial charge in [0, 0.05) is 11.3 Å². The van der Waals surface area contributed by atoms with Gasteiger partial charge in [0.15, 0.2) is 11.0 Å². The second-order valence-electron chi connectivity index (χ2n) is 4.04. The molecule has 0 spiro atoms. The fraction of sp³-hybridized carbons (Fsp3) is 0.417. The van der Waals surface area contributed by atoms with Crippen LogP contribution in [0, 0.1) is 11.6 Å². The van der Waals surface area contributed by atoms with Crippen molar-refractivity contribution in [1.29, 1.82) is 0 Å². The molecule has 1 aliphatic heterocycles. The number of aliphatic imine (C=N–C) groups is 1. The molecule has 0 aliphatic carbocycles. The highest BCUT2D eigenvalue weighted by Crippen LogP contribution is 2.30. The fourth-order valence-corrected chi connectivity index (χ4v) is 3.10. The van der Waals surface area contributed by atoms with Crippen molar-refractivity contribution in [2.75, 3.05) is 11.9 Å². The molecule has 1 aliphatic rings. The van der Waals surface area contributed by atoms with E-state index in [2.05, 4.69) is 17.2 Å². The average molecular weight is 291 g/mol. The van der Waals surface area contributed by atoms with Crippen LogP contribution in [0.15, 0.2) is 17.1 Å². The van der Waals surface area contributed by atoms with Gasteiger partial charge in [-0.15, -0.1) is 0 Å². The van der Waals surface area contributed by atoms with E-state index >= 15 is 0 Å². The van der Waals surface area contributed by atoms with Gasteiger partial charge in [0.2, 0.25) is 0 Å². The number of thioether (sulfide) groups is 1. The summed E-state index contributed by atoms with van der Waals surface area (Å²) in [5.41, 5.74) is 0.0847. The number of rotatable bonds is 3. The molecule has 2 nitrogen and oxygen atoms in total. The highest BCUT2D eigenvalue weighted by Gasteiger charge is 2.20. The molecule has 1 N–H and O–H groups in total. The van der Waals surface area contributed by atoms with Gasteiger partial charge in [0.1, 0.15) is 5.82 Å². The summed E-state index contributed by atoms with van der Waals surface area (Å²) in [7, 11) is 0. The molecule has 2 rings (SSSR count). The predicted molar refractivity (Wildman–Crippen MR) is 73.6 cm³/mol. The second-order valence-corrected chi connectivity index (χ2v) is 5.74. The molecule has 98 valence electrons. The van der Waals surface area contributed by atoms with Crippen molar-refractivity contribution in [1.82, 2.24) is 0 Å². The van der Waals surface area contributed by atoms with E-state index in [1.807, 2.05) is 0 Å². The number of benzene rings is 1. The van der Waals surface area contributed by atoms with E-state index in [1.165, 1.54) is 0 Å². The summed E-state index contributed by atoms with van der Waals surface area (Å²) in [6.07, 6.45) is 2.16.